The maximum Gasteiger partial charge on any atom is 0.306 e. The van der Waals surface area contributed by atoms with Crippen LogP contribution in [0.1, 0.15) is 361 Å². The Kier molecular flexibility index (Phi) is 61.1. The Bertz CT molecular complexity index is 1240. The Labute approximate surface area is 461 Å². The van der Waals surface area contributed by atoms with Crippen LogP contribution < -0.4 is 0 Å². The Balaban J connectivity index is 4.07. The van der Waals surface area contributed by atoms with Gasteiger partial charge in [0.1, 0.15) is 13.2 Å². The van der Waals surface area contributed by atoms with Gasteiger partial charge in [0.2, 0.25) is 0 Å². The van der Waals surface area contributed by atoms with Crippen LogP contribution in [0, 0.1) is 0 Å². The maximum absolute atomic E-state index is 12.9. The number of esters is 3. The summed E-state index contributed by atoms with van der Waals surface area (Å²) in [5, 5.41) is 0. The molecule has 0 aromatic rings. The fourth-order valence-corrected chi connectivity index (χ4v) is 9.87. The van der Waals surface area contributed by atoms with Crippen molar-refractivity contribution in [3.63, 3.8) is 0 Å². The van der Waals surface area contributed by atoms with Crippen molar-refractivity contribution < 1.29 is 28.6 Å². The van der Waals surface area contributed by atoms with E-state index in [0.717, 1.165) is 70.6 Å². The van der Waals surface area contributed by atoms with Gasteiger partial charge in [0.05, 0.1) is 0 Å². The minimum Gasteiger partial charge on any atom is -0.462 e. The van der Waals surface area contributed by atoms with Crippen LogP contribution in [0.2, 0.25) is 0 Å². The molecule has 74 heavy (non-hydrogen) atoms. The van der Waals surface area contributed by atoms with Crippen LogP contribution in [0.25, 0.3) is 0 Å². The van der Waals surface area contributed by atoms with Gasteiger partial charge in [-0.25, -0.2) is 0 Å². The van der Waals surface area contributed by atoms with E-state index in [-0.39, 0.29) is 31.1 Å². The first-order valence-electron chi connectivity index (χ1n) is 33.0. The highest BCUT2D eigenvalue weighted by Gasteiger charge is 2.19. The van der Waals surface area contributed by atoms with Crippen LogP contribution in [0.15, 0.2) is 36.5 Å². The van der Waals surface area contributed by atoms with E-state index in [0.29, 0.717) is 19.3 Å². The average molecular weight is 1040 g/mol. The smallest absolute Gasteiger partial charge is 0.306 e. The van der Waals surface area contributed by atoms with Crippen molar-refractivity contribution in [1.82, 2.24) is 0 Å². The van der Waals surface area contributed by atoms with Gasteiger partial charge in [-0.2, -0.15) is 0 Å². The third-order valence-electron chi connectivity index (χ3n) is 14.9. The molecule has 0 radical (unpaired) electrons. The first-order chi connectivity index (χ1) is 36.5. The van der Waals surface area contributed by atoms with E-state index >= 15 is 0 Å². The predicted octanol–water partition coefficient (Wildman–Crippen LogP) is 22.4. The molecule has 6 nitrogen and oxygen atoms in total. The van der Waals surface area contributed by atoms with E-state index in [1.807, 2.05) is 0 Å². The Hall–Kier alpha value is -2.37. The minimum atomic E-state index is -0.770. The zero-order valence-corrected chi connectivity index (χ0v) is 49.9. The van der Waals surface area contributed by atoms with Gasteiger partial charge >= 0.3 is 17.9 Å². The van der Waals surface area contributed by atoms with E-state index < -0.39 is 6.10 Å². The molecule has 0 rings (SSSR count). The molecule has 0 fully saturated rings. The SMILES string of the molecule is CCCC/C=C\CCCCCCCC(=O)OCC(COC(=O)CCCCCCCCCCCCCCCCCCCCC/C=C\C/C=C\CCCCCCC)OC(=O)CCCCCCCCCCCCCCCC. The van der Waals surface area contributed by atoms with Crippen molar-refractivity contribution in [2.24, 2.45) is 0 Å². The topological polar surface area (TPSA) is 78.9 Å². The van der Waals surface area contributed by atoms with Crippen LogP contribution in [-0.4, -0.2) is 37.2 Å². The van der Waals surface area contributed by atoms with E-state index in [1.165, 1.54) is 250 Å². The summed E-state index contributed by atoms with van der Waals surface area (Å²) in [6, 6.07) is 0. The molecular weight excluding hydrogens is 913 g/mol. The van der Waals surface area contributed by atoms with Crippen LogP contribution in [0.3, 0.4) is 0 Å². The highest BCUT2D eigenvalue weighted by molar-refractivity contribution is 5.71. The van der Waals surface area contributed by atoms with Gasteiger partial charge in [-0.1, -0.05) is 308 Å². The number of carbonyl (C=O) groups is 3. The molecule has 0 bridgehead atoms. The third-order valence-corrected chi connectivity index (χ3v) is 14.9. The van der Waals surface area contributed by atoms with Crippen LogP contribution in [0.4, 0.5) is 0 Å². The average Bonchev–Trinajstić information content (AvgIpc) is 3.40. The maximum atomic E-state index is 12.9. The molecular formula is C68H126O6. The van der Waals surface area contributed by atoms with Crippen molar-refractivity contribution in [2.75, 3.05) is 13.2 Å². The van der Waals surface area contributed by atoms with Gasteiger partial charge in [-0.15, -0.1) is 0 Å². The van der Waals surface area contributed by atoms with Gasteiger partial charge in [0.15, 0.2) is 6.10 Å². The van der Waals surface area contributed by atoms with Gasteiger partial charge in [-0.05, 0) is 70.6 Å². The molecule has 0 N–H and O–H groups in total. The second-order valence-corrected chi connectivity index (χ2v) is 22.4. The minimum absolute atomic E-state index is 0.0691. The summed E-state index contributed by atoms with van der Waals surface area (Å²) in [4.78, 5) is 38.2. The Morgan fingerprint density at radius 3 is 0.797 bits per heavy atom. The molecule has 6 heteroatoms. The molecule has 0 aromatic carbocycles. The highest BCUT2D eigenvalue weighted by Crippen LogP contribution is 2.18. The molecule has 0 aromatic heterocycles. The molecule has 1 unspecified atom stereocenters. The first-order valence-corrected chi connectivity index (χ1v) is 33.0. The van der Waals surface area contributed by atoms with Crippen molar-refractivity contribution >= 4 is 17.9 Å². The summed E-state index contributed by atoms with van der Waals surface area (Å²) in [7, 11) is 0. The molecule has 0 spiro atoms. The standard InChI is InChI=1S/C68H126O6/c1-4-7-10-13-16-19-22-24-26-27-28-29-30-31-32-33-34-35-36-37-38-39-40-41-42-44-46-49-52-55-58-61-67(70)73-64-65(63-72-66(69)60-57-54-51-48-45-21-18-15-12-9-6-3)74-68(71)62-59-56-53-50-47-43-25-23-20-17-14-11-8-5-2/h15,18,22,24,27-28,65H,4-14,16-17,19-21,23,25-26,29-64H2,1-3H3/b18-15-,24-22-,28-27-. The lowest BCUT2D eigenvalue weighted by molar-refractivity contribution is -0.167. The fourth-order valence-electron chi connectivity index (χ4n) is 9.87. The molecule has 0 aliphatic carbocycles. The van der Waals surface area contributed by atoms with Crippen LogP contribution in [-0.2, 0) is 28.6 Å². The van der Waals surface area contributed by atoms with Gasteiger partial charge in [0.25, 0.3) is 0 Å². The lowest BCUT2D eigenvalue weighted by Crippen LogP contribution is -2.30. The van der Waals surface area contributed by atoms with Crippen LogP contribution >= 0.6 is 0 Å². The fraction of sp³-hybridized carbons (Fsp3) is 0.868. The van der Waals surface area contributed by atoms with Crippen molar-refractivity contribution in [3.05, 3.63) is 36.5 Å². The van der Waals surface area contributed by atoms with Crippen molar-refractivity contribution in [1.29, 1.82) is 0 Å². The number of rotatable bonds is 61. The van der Waals surface area contributed by atoms with E-state index in [4.69, 9.17) is 14.2 Å². The summed E-state index contributed by atoms with van der Waals surface area (Å²) in [6.07, 6.45) is 77.5. The largest absolute Gasteiger partial charge is 0.462 e. The number of allylic oxidation sites excluding steroid dienone is 6. The molecule has 0 aliphatic rings. The lowest BCUT2D eigenvalue weighted by atomic mass is 10.0. The molecule has 0 saturated carbocycles. The second-order valence-electron chi connectivity index (χ2n) is 22.4. The number of carbonyl (C=O) groups excluding carboxylic acids is 3. The first kappa shape index (κ1) is 71.6. The summed E-state index contributed by atoms with van der Waals surface area (Å²) in [6.45, 7) is 6.64. The molecule has 0 aliphatic heterocycles. The molecule has 0 heterocycles. The Morgan fingerprint density at radius 2 is 0.500 bits per heavy atom. The quantitative estimate of drug-likeness (QED) is 0.0261. The summed E-state index contributed by atoms with van der Waals surface area (Å²) < 4.78 is 16.9. The Morgan fingerprint density at radius 1 is 0.270 bits per heavy atom. The molecule has 0 amide bonds. The lowest BCUT2D eigenvalue weighted by Gasteiger charge is -2.18. The summed E-state index contributed by atoms with van der Waals surface area (Å²) in [5.74, 6) is -0.857. The number of hydrogen-bond acceptors (Lipinski definition) is 6. The number of hydrogen-bond donors (Lipinski definition) is 0. The van der Waals surface area contributed by atoms with E-state index in [1.54, 1.807) is 0 Å². The van der Waals surface area contributed by atoms with E-state index in [2.05, 4.69) is 57.2 Å². The predicted molar refractivity (Wildman–Crippen MR) is 321 cm³/mol. The molecule has 434 valence electrons. The summed E-state index contributed by atoms with van der Waals surface area (Å²) >= 11 is 0. The third kappa shape index (κ3) is 60.5. The molecule has 1 atom stereocenters. The van der Waals surface area contributed by atoms with Gasteiger partial charge < -0.3 is 14.2 Å². The van der Waals surface area contributed by atoms with Gasteiger partial charge in [0, 0.05) is 19.3 Å². The van der Waals surface area contributed by atoms with Gasteiger partial charge in [-0.3, -0.25) is 14.4 Å². The zero-order valence-electron chi connectivity index (χ0n) is 49.9. The highest BCUT2D eigenvalue weighted by atomic mass is 16.6. The van der Waals surface area contributed by atoms with Crippen molar-refractivity contribution in [2.45, 2.75) is 367 Å². The number of ether oxygens (including phenoxy) is 3. The zero-order chi connectivity index (χ0) is 53.6. The monoisotopic (exact) mass is 1040 g/mol. The molecule has 0 saturated heterocycles. The van der Waals surface area contributed by atoms with Crippen LogP contribution in [0.5, 0.6) is 0 Å². The van der Waals surface area contributed by atoms with E-state index in [9.17, 15) is 14.4 Å². The second kappa shape index (κ2) is 63.2. The van der Waals surface area contributed by atoms with Crippen molar-refractivity contribution in [3.8, 4) is 0 Å². The summed E-state index contributed by atoms with van der Waals surface area (Å²) in [5.41, 5.74) is 0. The normalized spacial score (nSPS) is 12.2. The number of unbranched alkanes of at least 4 members (excludes halogenated alkanes) is 44.